The fraction of sp³-hybridized carbons (Fsp3) is 0.308. The minimum absolute atomic E-state index is 0.0614. The van der Waals surface area contributed by atoms with Crippen LogP contribution >= 0.6 is 23.1 Å². The number of sulfonamides is 1. The van der Waals surface area contributed by atoms with Gasteiger partial charge in [-0.3, -0.25) is 9.69 Å². The van der Waals surface area contributed by atoms with Gasteiger partial charge in [0.15, 0.2) is 5.13 Å². The van der Waals surface area contributed by atoms with Crippen molar-refractivity contribution >= 4 is 54.4 Å². The number of benzene rings is 2. The monoisotopic (exact) mass is 543 g/mol. The van der Waals surface area contributed by atoms with Crippen molar-refractivity contribution in [3.63, 3.8) is 0 Å². The molecule has 2 heterocycles. The summed E-state index contributed by atoms with van der Waals surface area (Å²) in [5.74, 6) is -0.243. The summed E-state index contributed by atoms with van der Waals surface area (Å²) in [5, 5.41) is 0.601. The van der Waals surface area contributed by atoms with E-state index in [-0.39, 0.29) is 30.0 Å². The Kier molecular flexibility index (Phi) is 8.63. The van der Waals surface area contributed by atoms with E-state index in [2.05, 4.69) is 19.2 Å². The van der Waals surface area contributed by atoms with Gasteiger partial charge in [-0.15, -0.1) is 24.9 Å². The first-order valence-corrected chi connectivity index (χ1v) is 15.1. The fourth-order valence-corrected chi connectivity index (χ4v) is 6.92. The van der Waals surface area contributed by atoms with Crippen molar-refractivity contribution in [2.75, 3.05) is 37.4 Å². The molecule has 1 amide bonds. The Labute approximate surface area is 220 Å². The van der Waals surface area contributed by atoms with Crippen molar-refractivity contribution in [1.29, 1.82) is 0 Å². The SMILES string of the molecule is C=CCN(CC=C)S(=O)(=O)c1ccc(C(=O)N(CC2CCCO2)c2nc3ccc(SC)cc3s2)cc1. The first-order chi connectivity index (χ1) is 17.4. The number of fused-ring (bicyclic) bond motifs is 1. The number of anilines is 1. The number of thiazole rings is 1. The van der Waals surface area contributed by atoms with Crippen LogP contribution in [0.25, 0.3) is 10.2 Å². The predicted octanol–water partition coefficient (Wildman–Crippen LogP) is 5.21. The van der Waals surface area contributed by atoms with E-state index in [1.807, 2.05) is 18.4 Å². The Balaban J connectivity index is 1.64. The Hall–Kier alpha value is -2.50. The summed E-state index contributed by atoms with van der Waals surface area (Å²) in [4.78, 5) is 21.3. The van der Waals surface area contributed by atoms with Crippen LogP contribution < -0.4 is 4.90 Å². The molecule has 1 aromatic heterocycles. The number of nitrogens with zero attached hydrogens (tertiary/aromatic N) is 3. The molecule has 1 aliphatic heterocycles. The lowest BCUT2D eigenvalue weighted by Gasteiger charge is -2.23. The zero-order valence-electron chi connectivity index (χ0n) is 20.1. The van der Waals surface area contributed by atoms with E-state index < -0.39 is 10.0 Å². The minimum Gasteiger partial charge on any atom is -0.376 e. The van der Waals surface area contributed by atoms with E-state index >= 15 is 0 Å². The normalized spacial score (nSPS) is 15.9. The van der Waals surface area contributed by atoms with Gasteiger partial charge in [0.2, 0.25) is 10.0 Å². The second-order valence-electron chi connectivity index (χ2n) is 8.30. The van der Waals surface area contributed by atoms with Crippen LogP contribution in [0.3, 0.4) is 0 Å². The summed E-state index contributed by atoms with van der Waals surface area (Å²) < 4.78 is 34.2. The molecule has 190 valence electrons. The third-order valence-electron chi connectivity index (χ3n) is 5.88. The van der Waals surface area contributed by atoms with E-state index in [9.17, 15) is 13.2 Å². The summed E-state index contributed by atoms with van der Waals surface area (Å²) >= 11 is 3.12. The average Bonchev–Trinajstić information content (AvgIpc) is 3.56. The molecule has 3 aromatic rings. The number of carbonyl (C=O) groups is 1. The second kappa shape index (κ2) is 11.7. The Morgan fingerprint density at radius 1 is 1.19 bits per heavy atom. The van der Waals surface area contributed by atoms with Gasteiger partial charge in [0.25, 0.3) is 5.91 Å². The Bertz CT molecular complexity index is 1340. The Morgan fingerprint density at radius 2 is 1.92 bits per heavy atom. The molecular formula is C26H29N3O4S3. The predicted molar refractivity (Wildman–Crippen MR) is 148 cm³/mol. The molecule has 0 bridgehead atoms. The molecule has 36 heavy (non-hydrogen) atoms. The molecule has 0 N–H and O–H groups in total. The highest BCUT2D eigenvalue weighted by Gasteiger charge is 2.28. The van der Waals surface area contributed by atoms with Crippen molar-refractivity contribution in [1.82, 2.24) is 9.29 Å². The summed E-state index contributed by atoms with van der Waals surface area (Å²) in [5.41, 5.74) is 1.22. The molecule has 2 aromatic carbocycles. The maximum absolute atomic E-state index is 13.7. The van der Waals surface area contributed by atoms with Gasteiger partial charge in [0, 0.05) is 30.2 Å². The summed E-state index contributed by atoms with van der Waals surface area (Å²) in [7, 11) is -3.75. The van der Waals surface area contributed by atoms with Gasteiger partial charge >= 0.3 is 0 Å². The van der Waals surface area contributed by atoms with E-state index in [0.717, 1.165) is 28.0 Å². The summed E-state index contributed by atoms with van der Waals surface area (Å²) in [6.45, 7) is 8.68. The van der Waals surface area contributed by atoms with Crippen LogP contribution in [-0.2, 0) is 14.8 Å². The minimum atomic E-state index is -3.75. The zero-order chi connectivity index (χ0) is 25.7. The van der Waals surface area contributed by atoms with E-state index in [1.54, 1.807) is 28.8 Å². The van der Waals surface area contributed by atoms with Crippen molar-refractivity contribution in [2.24, 2.45) is 0 Å². The van der Waals surface area contributed by atoms with Crippen molar-refractivity contribution in [3.8, 4) is 0 Å². The summed E-state index contributed by atoms with van der Waals surface area (Å²) in [6.07, 6.45) is 6.86. The molecule has 1 aliphatic rings. The molecule has 4 rings (SSSR count). The van der Waals surface area contributed by atoms with Gasteiger partial charge in [-0.2, -0.15) is 4.31 Å². The third-order valence-corrected chi connectivity index (χ3v) is 9.49. The molecular weight excluding hydrogens is 515 g/mol. The second-order valence-corrected chi connectivity index (χ2v) is 12.1. The highest BCUT2D eigenvalue weighted by molar-refractivity contribution is 7.98. The van der Waals surface area contributed by atoms with Crippen LogP contribution in [-0.4, -0.2) is 62.2 Å². The molecule has 1 atom stereocenters. The van der Waals surface area contributed by atoms with Crippen LogP contribution in [0.4, 0.5) is 5.13 Å². The lowest BCUT2D eigenvalue weighted by molar-refractivity contribution is 0.0917. The third kappa shape index (κ3) is 5.73. The largest absolute Gasteiger partial charge is 0.376 e. The number of aromatic nitrogens is 1. The van der Waals surface area contributed by atoms with Gasteiger partial charge in [-0.05, 0) is 61.6 Å². The van der Waals surface area contributed by atoms with Gasteiger partial charge in [0.05, 0.1) is 27.8 Å². The van der Waals surface area contributed by atoms with E-state index in [1.165, 1.54) is 39.9 Å². The first-order valence-electron chi connectivity index (χ1n) is 11.6. The van der Waals surface area contributed by atoms with Crippen LogP contribution in [0.2, 0.25) is 0 Å². The summed E-state index contributed by atoms with van der Waals surface area (Å²) in [6, 6.07) is 12.1. The Morgan fingerprint density at radius 3 is 2.53 bits per heavy atom. The molecule has 0 spiro atoms. The van der Waals surface area contributed by atoms with Crippen molar-refractivity contribution in [2.45, 2.75) is 28.7 Å². The molecule has 10 heteroatoms. The zero-order valence-corrected chi connectivity index (χ0v) is 22.6. The van der Waals surface area contributed by atoms with Crippen LogP contribution in [0, 0.1) is 0 Å². The van der Waals surface area contributed by atoms with Gasteiger partial charge in [0.1, 0.15) is 0 Å². The standard InChI is InChI=1S/C26H29N3O4S3/c1-4-14-28(15-5-2)36(31,32)22-11-8-19(9-12-22)25(30)29(18-20-7-6-16-33-20)26-27-23-13-10-21(34-3)17-24(23)35-26/h4-5,8-13,17,20H,1-2,6-7,14-16,18H2,3H3. The van der Waals surface area contributed by atoms with Crippen LogP contribution in [0.15, 0.2) is 77.6 Å². The number of rotatable bonds is 11. The van der Waals surface area contributed by atoms with Crippen molar-refractivity contribution < 1.29 is 17.9 Å². The number of hydrogen-bond acceptors (Lipinski definition) is 7. The maximum Gasteiger partial charge on any atom is 0.260 e. The van der Waals surface area contributed by atoms with Gasteiger partial charge < -0.3 is 4.74 Å². The van der Waals surface area contributed by atoms with E-state index in [4.69, 9.17) is 9.72 Å². The van der Waals surface area contributed by atoms with Gasteiger partial charge in [-0.25, -0.2) is 13.4 Å². The number of hydrogen-bond donors (Lipinski definition) is 0. The smallest absolute Gasteiger partial charge is 0.260 e. The molecule has 1 unspecified atom stereocenters. The fourth-order valence-electron chi connectivity index (χ4n) is 4.01. The lowest BCUT2D eigenvalue weighted by atomic mass is 10.2. The molecule has 0 radical (unpaired) electrons. The number of thioether (sulfide) groups is 1. The number of amides is 1. The van der Waals surface area contributed by atoms with Crippen LogP contribution in [0.1, 0.15) is 23.2 Å². The molecule has 1 saturated heterocycles. The highest BCUT2D eigenvalue weighted by atomic mass is 32.2. The molecule has 7 nitrogen and oxygen atoms in total. The first kappa shape index (κ1) is 26.6. The molecule has 0 saturated carbocycles. The molecule has 0 aliphatic carbocycles. The highest BCUT2D eigenvalue weighted by Crippen LogP contribution is 2.33. The maximum atomic E-state index is 13.7. The van der Waals surface area contributed by atoms with Gasteiger partial charge in [-0.1, -0.05) is 23.5 Å². The number of carbonyl (C=O) groups excluding carboxylic acids is 1. The number of ether oxygens (including phenoxy) is 1. The average molecular weight is 544 g/mol. The molecule has 1 fully saturated rings. The van der Waals surface area contributed by atoms with Crippen LogP contribution in [0.5, 0.6) is 0 Å². The van der Waals surface area contributed by atoms with Crippen molar-refractivity contribution in [3.05, 3.63) is 73.3 Å². The van der Waals surface area contributed by atoms with E-state index in [0.29, 0.717) is 23.8 Å². The topological polar surface area (TPSA) is 79.8 Å². The quantitative estimate of drug-likeness (QED) is 0.244. The lowest BCUT2D eigenvalue weighted by Crippen LogP contribution is -2.37.